The van der Waals surface area contributed by atoms with Crippen LogP contribution in [-0.2, 0) is 6.42 Å². The van der Waals surface area contributed by atoms with E-state index in [0.29, 0.717) is 11.7 Å². The van der Waals surface area contributed by atoms with Crippen molar-refractivity contribution in [3.8, 4) is 11.3 Å². The molecule has 5 nitrogen and oxygen atoms in total. The molecule has 0 saturated carbocycles. The molecule has 0 spiro atoms. The molecule has 0 aliphatic heterocycles. The lowest BCUT2D eigenvalue weighted by atomic mass is 9.96. The summed E-state index contributed by atoms with van der Waals surface area (Å²) in [6.07, 6.45) is 6.45. The number of aromatic nitrogens is 5. The van der Waals surface area contributed by atoms with Crippen LogP contribution in [0.15, 0.2) is 61.1 Å². The Kier molecular flexibility index (Phi) is 4.67. The van der Waals surface area contributed by atoms with Crippen LogP contribution in [0, 0.1) is 5.92 Å². The summed E-state index contributed by atoms with van der Waals surface area (Å²) in [5, 5.41) is 4.75. The van der Waals surface area contributed by atoms with E-state index in [9.17, 15) is 0 Å². The molecule has 1 atom stereocenters. The summed E-state index contributed by atoms with van der Waals surface area (Å²) in [7, 11) is 0. The first kappa shape index (κ1) is 17.3. The van der Waals surface area contributed by atoms with Crippen molar-refractivity contribution in [1.82, 2.24) is 24.6 Å². The Morgan fingerprint density at radius 1 is 0.963 bits per heavy atom. The second kappa shape index (κ2) is 7.27. The summed E-state index contributed by atoms with van der Waals surface area (Å²) in [5.74, 6) is 2.14. The van der Waals surface area contributed by atoms with Crippen molar-refractivity contribution in [3.05, 3.63) is 78.0 Å². The van der Waals surface area contributed by atoms with Crippen LogP contribution in [0.4, 0.5) is 0 Å². The van der Waals surface area contributed by atoms with Crippen molar-refractivity contribution in [2.45, 2.75) is 33.1 Å². The van der Waals surface area contributed by atoms with Crippen molar-refractivity contribution in [2.24, 2.45) is 5.92 Å². The Hall–Kier alpha value is -3.08. The van der Waals surface area contributed by atoms with Crippen molar-refractivity contribution in [2.75, 3.05) is 0 Å². The molecule has 3 heterocycles. The van der Waals surface area contributed by atoms with Gasteiger partial charge in [0.1, 0.15) is 0 Å². The molecule has 0 aliphatic carbocycles. The number of rotatable bonds is 5. The van der Waals surface area contributed by atoms with Crippen molar-refractivity contribution < 1.29 is 0 Å². The van der Waals surface area contributed by atoms with Gasteiger partial charge in [-0.15, -0.1) is 5.10 Å². The van der Waals surface area contributed by atoms with Crippen LogP contribution < -0.4 is 0 Å². The molecule has 0 unspecified atom stereocenters. The summed E-state index contributed by atoms with van der Waals surface area (Å²) in [6.45, 7) is 6.61. The molecular weight excluding hydrogens is 334 g/mol. The molecule has 27 heavy (non-hydrogen) atoms. The highest BCUT2D eigenvalue weighted by Crippen LogP contribution is 2.24. The van der Waals surface area contributed by atoms with Crippen LogP contribution in [0.5, 0.6) is 0 Å². The van der Waals surface area contributed by atoms with Crippen LogP contribution >= 0.6 is 0 Å². The van der Waals surface area contributed by atoms with Crippen LogP contribution in [-0.4, -0.2) is 24.6 Å². The third kappa shape index (κ3) is 3.58. The van der Waals surface area contributed by atoms with Crippen LogP contribution in [0.3, 0.4) is 0 Å². The van der Waals surface area contributed by atoms with Gasteiger partial charge in [0, 0.05) is 30.1 Å². The molecule has 0 fully saturated rings. The highest BCUT2D eigenvalue weighted by molar-refractivity contribution is 5.60. The fourth-order valence-corrected chi connectivity index (χ4v) is 3.29. The van der Waals surface area contributed by atoms with E-state index < -0.39 is 0 Å². The van der Waals surface area contributed by atoms with Gasteiger partial charge in [-0.1, -0.05) is 45.0 Å². The standard InChI is InChI=1S/C22H23N5/c1-15(2)13-17-6-8-18(9-7-17)16(3)21-25-22-24-12-10-20(27(22)26-21)19-5-4-11-23-14-19/h4-12,14-16H,13H2,1-3H3/t16-/m0/s1. The minimum absolute atomic E-state index is 0.0987. The maximum Gasteiger partial charge on any atom is 0.252 e. The number of nitrogens with zero attached hydrogens (tertiary/aromatic N) is 5. The summed E-state index contributed by atoms with van der Waals surface area (Å²) in [6, 6.07) is 14.7. The molecule has 0 saturated heterocycles. The maximum absolute atomic E-state index is 4.75. The van der Waals surface area contributed by atoms with Gasteiger partial charge in [-0.2, -0.15) is 9.50 Å². The molecule has 1 aromatic carbocycles. The Morgan fingerprint density at radius 3 is 2.48 bits per heavy atom. The predicted octanol–water partition coefficient (Wildman–Crippen LogP) is 4.54. The summed E-state index contributed by atoms with van der Waals surface area (Å²) < 4.78 is 1.80. The van der Waals surface area contributed by atoms with E-state index in [1.54, 1.807) is 16.9 Å². The number of fused-ring (bicyclic) bond motifs is 1. The average molecular weight is 357 g/mol. The zero-order chi connectivity index (χ0) is 18.8. The molecule has 0 N–H and O–H groups in total. The highest BCUT2D eigenvalue weighted by Gasteiger charge is 2.17. The first-order chi connectivity index (χ1) is 13.1. The normalized spacial score (nSPS) is 12.6. The number of hydrogen-bond acceptors (Lipinski definition) is 4. The van der Waals surface area contributed by atoms with E-state index in [1.165, 1.54) is 11.1 Å². The van der Waals surface area contributed by atoms with Crippen molar-refractivity contribution in [3.63, 3.8) is 0 Å². The molecule has 4 rings (SSSR count). The van der Waals surface area contributed by atoms with Gasteiger partial charge in [0.15, 0.2) is 5.82 Å². The average Bonchev–Trinajstić information content (AvgIpc) is 3.12. The second-order valence-corrected chi connectivity index (χ2v) is 7.31. The fourth-order valence-electron chi connectivity index (χ4n) is 3.29. The molecule has 4 aromatic rings. The molecule has 5 heteroatoms. The molecule has 0 amide bonds. The predicted molar refractivity (Wildman–Crippen MR) is 107 cm³/mol. The van der Waals surface area contributed by atoms with Crippen LogP contribution in [0.1, 0.15) is 43.6 Å². The first-order valence-corrected chi connectivity index (χ1v) is 9.32. The highest BCUT2D eigenvalue weighted by atomic mass is 15.3. The van der Waals surface area contributed by atoms with Gasteiger partial charge in [0.25, 0.3) is 5.78 Å². The quantitative estimate of drug-likeness (QED) is 0.526. The number of benzene rings is 1. The number of hydrogen-bond donors (Lipinski definition) is 0. The van der Waals surface area contributed by atoms with Gasteiger partial charge in [-0.05, 0) is 41.7 Å². The van der Waals surface area contributed by atoms with E-state index in [-0.39, 0.29) is 5.92 Å². The van der Waals surface area contributed by atoms with E-state index >= 15 is 0 Å². The Balaban J connectivity index is 1.68. The SMILES string of the molecule is CC(C)Cc1ccc([C@H](C)c2nc3nccc(-c4cccnc4)n3n2)cc1. The Bertz CT molecular complexity index is 1040. The molecule has 0 bridgehead atoms. The van der Waals surface area contributed by atoms with Gasteiger partial charge >= 0.3 is 0 Å². The monoisotopic (exact) mass is 357 g/mol. The zero-order valence-electron chi connectivity index (χ0n) is 15.9. The Morgan fingerprint density at radius 2 is 1.78 bits per heavy atom. The van der Waals surface area contributed by atoms with E-state index in [4.69, 9.17) is 5.10 Å². The summed E-state index contributed by atoms with van der Waals surface area (Å²) in [4.78, 5) is 13.3. The van der Waals surface area contributed by atoms with Gasteiger partial charge in [-0.3, -0.25) is 4.98 Å². The maximum atomic E-state index is 4.75. The molecule has 136 valence electrons. The topological polar surface area (TPSA) is 56.0 Å². The van der Waals surface area contributed by atoms with Crippen LogP contribution in [0.2, 0.25) is 0 Å². The Labute approximate surface area is 159 Å². The number of pyridine rings is 1. The van der Waals surface area contributed by atoms with E-state index in [1.807, 2.05) is 24.4 Å². The molecular formula is C22H23N5. The first-order valence-electron chi connectivity index (χ1n) is 9.32. The summed E-state index contributed by atoms with van der Waals surface area (Å²) >= 11 is 0. The van der Waals surface area contributed by atoms with Gasteiger partial charge < -0.3 is 0 Å². The summed E-state index contributed by atoms with van der Waals surface area (Å²) in [5.41, 5.74) is 4.50. The zero-order valence-corrected chi connectivity index (χ0v) is 15.9. The van der Waals surface area contributed by atoms with E-state index in [2.05, 4.69) is 60.0 Å². The van der Waals surface area contributed by atoms with E-state index in [0.717, 1.165) is 23.5 Å². The lowest BCUT2D eigenvalue weighted by molar-refractivity contribution is 0.647. The van der Waals surface area contributed by atoms with Crippen molar-refractivity contribution >= 4 is 5.78 Å². The largest absolute Gasteiger partial charge is 0.264 e. The smallest absolute Gasteiger partial charge is 0.252 e. The minimum Gasteiger partial charge on any atom is -0.264 e. The second-order valence-electron chi connectivity index (χ2n) is 7.31. The fraction of sp³-hybridized carbons (Fsp3) is 0.273. The third-order valence-electron chi connectivity index (χ3n) is 4.73. The van der Waals surface area contributed by atoms with Gasteiger partial charge in [-0.25, -0.2) is 4.98 Å². The molecule has 3 aromatic heterocycles. The molecule has 0 radical (unpaired) electrons. The van der Waals surface area contributed by atoms with Gasteiger partial charge in [0.2, 0.25) is 0 Å². The third-order valence-corrected chi connectivity index (χ3v) is 4.73. The molecule has 0 aliphatic rings. The minimum atomic E-state index is 0.0987. The van der Waals surface area contributed by atoms with Crippen molar-refractivity contribution in [1.29, 1.82) is 0 Å². The van der Waals surface area contributed by atoms with Crippen LogP contribution in [0.25, 0.3) is 17.0 Å². The van der Waals surface area contributed by atoms with Gasteiger partial charge in [0.05, 0.1) is 5.69 Å². The lowest BCUT2D eigenvalue weighted by Gasteiger charge is -2.10. The lowest BCUT2D eigenvalue weighted by Crippen LogP contribution is -2.01.